The fourth-order valence-electron chi connectivity index (χ4n) is 2.94. The van der Waals surface area contributed by atoms with Crippen LogP contribution in [0.25, 0.3) is 0 Å². The fourth-order valence-corrected chi connectivity index (χ4v) is 2.94. The van der Waals surface area contributed by atoms with Crippen LogP contribution in [0.4, 0.5) is 10.5 Å². The number of amides is 1. The molecule has 0 aliphatic carbocycles. The molecule has 1 aromatic carbocycles. The van der Waals surface area contributed by atoms with Gasteiger partial charge in [-0.15, -0.1) is 0 Å². The molecule has 1 aliphatic heterocycles. The van der Waals surface area contributed by atoms with E-state index in [1.807, 2.05) is 42.5 Å². The summed E-state index contributed by atoms with van der Waals surface area (Å²) in [4.78, 5) is 16.7. The minimum atomic E-state index is -0.443. The molecule has 2 N–H and O–H groups in total. The summed E-state index contributed by atoms with van der Waals surface area (Å²) in [6, 6.07) is 13.4. The van der Waals surface area contributed by atoms with Gasteiger partial charge in [-0.3, -0.25) is 0 Å². The maximum Gasteiger partial charge on any atom is 0.408 e. The Kier molecular flexibility index (Phi) is 5.38. The summed E-state index contributed by atoms with van der Waals surface area (Å²) in [5.41, 5.74) is 2.66. The van der Waals surface area contributed by atoms with Crippen molar-refractivity contribution < 1.29 is 14.3 Å². The number of rotatable bonds is 5. The Morgan fingerprint density at radius 3 is 2.80 bits per heavy atom. The van der Waals surface area contributed by atoms with Crippen LogP contribution in [-0.2, 0) is 11.3 Å². The number of nitrogens with one attached hydrogen (secondary N) is 2. The van der Waals surface area contributed by atoms with Gasteiger partial charge in [0.2, 0.25) is 5.88 Å². The first-order valence-electron chi connectivity index (χ1n) is 8.48. The quantitative estimate of drug-likeness (QED) is 0.868. The number of carbonyl (C=O) groups excluding carboxylic acids is 1. The van der Waals surface area contributed by atoms with E-state index in [4.69, 9.17) is 9.47 Å². The number of hydrogen-bond acceptors (Lipinski definition) is 5. The highest BCUT2D eigenvalue weighted by Gasteiger charge is 2.29. The third-order valence-corrected chi connectivity index (χ3v) is 4.32. The normalized spacial score (nSPS) is 18.6. The molecule has 0 radical (unpaired) electrons. The molecule has 1 aromatic heterocycles. The predicted octanol–water partition coefficient (Wildman–Crippen LogP) is 3.65. The van der Waals surface area contributed by atoms with Gasteiger partial charge >= 0.3 is 6.09 Å². The Morgan fingerprint density at radius 2 is 2.08 bits per heavy atom. The second-order valence-electron chi connectivity index (χ2n) is 6.03. The molecule has 2 aromatic rings. The second kappa shape index (κ2) is 7.88. The van der Waals surface area contributed by atoms with Gasteiger partial charge in [0.05, 0.1) is 24.5 Å². The maximum absolute atomic E-state index is 12.2. The number of anilines is 1. The molecule has 6 heteroatoms. The highest BCUT2D eigenvalue weighted by atomic mass is 16.5. The summed E-state index contributed by atoms with van der Waals surface area (Å²) in [7, 11) is 1.58. The van der Waals surface area contributed by atoms with E-state index in [1.165, 1.54) is 0 Å². The van der Waals surface area contributed by atoms with Crippen molar-refractivity contribution in [2.24, 2.45) is 0 Å². The lowest BCUT2D eigenvalue weighted by atomic mass is 9.96. The van der Waals surface area contributed by atoms with E-state index < -0.39 is 6.09 Å². The minimum absolute atomic E-state index is 0.209. The predicted molar refractivity (Wildman–Crippen MR) is 95.6 cm³/mol. The number of alkyl carbamates (subject to hydrolysis) is 1. The zero-order valence-corrected chi connectivity index (χ0v) is 14.5. The molecule has 2 unspecified atom stereocenters. The standard InChI is InChI=1S/C19H23N3O3/c1-3-14-11-16(18-15(20-14)9-10-17(22-18)24-2)21-19(23)25-12-13-7-5-4-6-8-13/h4-10,14,16,20H,3,11-12H2,1-2H3,(H,21,23). The number of ether oxygens (including phenoxy) is 2. The fraction of sp³-hybridized carbons (Fsp3) is 0.368. The van der Waals surface area contributed by atoms with Crippen molar-refractivity contribution in [2.45, 2.75) is 38.5 Å². The Balaban J connectivity index is 1.69. The lowest BCUT2D eigenvalue weighted by Gasteiger charge is -2.32. The lowest BCUT2D eigenvalue weighted by Crippen LogP contribution is -2.38. The SMILES string of the molecule is CCC1CC(NC(=O)OCc2ccccc2)c2nc(OC)ccc2N1. The van der Waals surface area contributed by atoms with E-state index in [0.29, 0.717) is 5.88 Å². The largest absolute Gasteiger partial charge is 0.481 e. The molecule has 1 amide bonds. The van der Waals surface area contributed by atoms with Gasteiger partial charge in [-0.05, 0) is 24.5 Å². The molecule has 2 atom stereocenters. The molecule has 0 bridgehead atoms. The van der Waals surface area contributed by atoms with Gasteiger partial charge in [0.25, 0.3) is 0 Å². The first-order valence-corrected chi connectivity index (χ1v) is 8.48. The average molecular weight is 341 g/mol. The van der Waals surface area contributed by atoms with Gasteiger partial charge in [0, 0.05) is 12.1 Å². The van der Waals surface area contributed by atoms with Crippen LogP contribution in [0.2, 0.25) is 0 Å². The minimum Gasteiger partial charge on any atom is -0.481 e. The van der Waals surface area contributed by atoms with E-state index in [2.05, 4.69) is 22.5 Å². The Hall–Kier alpha value is -2.76. The summed E-state index contributed by atoms with van der Waals surface area (Å²) < 4.78 is 10.6. The van der Waals surface area contributed by atoms with Gasteiger partial charge in [0.1, 0.15) is 6.61 Å². The van der Waals surface area contributed by atoms with Crippen LogP contribution < -0.4 is 15.4 Å². The molecular weight excluding hydrogens is 318 g/mol. The van der Waals surface area contributed by atoms with E-state index in [9.17, 15) is 4.79 Å². The summed E-state index contributed by atoms with van der Waals surface area (Å²) in [6.45, 7) is 2.36. The number of nitrogens with zero attached hydrogens (tertiary/aromatic N) is 1. The highest BCUT2D eigenvalue weighted by molar-refractivity contribution is 5.69. The van der Waals surface area contributed by atoms with E-state index in [0.717, 1.165) is 29.8 Å². The molecule has 0 fully saturated rings. The third-order valence-electron chi connectivity index (χ3n) is 4.32. The number of fused-ring (bicyclic) bond motifs is 1. The Bertz CT molecular complexity index is 721. The molecule has 132 valence electrons. The van der Waals surface area contributed by atoms with Gasteiger partial charge in [-0.2, -0.15) is 0 Å². The molecular formula is C19H23N3O3. The van der Waals surface area contributed by atoms with Crippen LogP contribution in [0, 0.1) is 0 Å². The number of pyridine rings is 1. The summed E-state index contributed by atoms with van der Waals surface area (Å²) >= 11 is 0. The van der Waals surface area contributed by atoms with Crippen LogP contribution >= 0.6 is 0 Å². The van der Waals surface area contributed by atoms with Crippen molar-refractivity contribution in [2.75, 3.05) is 12.4 Å². The van der Waals surface area contributed by atoms with Crippen LogP contribution in [0.3, 0.4) is 0 Å². The monoisotopic (exact) mass is 341 g/mol. The number of carbonyl (C=O) groups is 1. The van der Waals surface area contributed by atoms with Crippen molar-refractivity contribution in [1.82, 2.24) is 10.3 Å². The smallest absolute Gasteiger partial charge is 0.408 e. The maximum atomic E-state index is 12.2. The molecule has 0 saturated heterocycles. The van der Waals surface area contributed by atoms with Crippen molar-refractivity contribution in [3.63, 3.8) is 0 Å². The zero-order chi connectivity index (χ0) is 17.6. The number of benzene rings is 1. The van der Waals surface area contributed by atoms with Gasteiger partial charge < -0.3 is 20.1 Å². The van der Waals surface area contributed by atoms with Gasteiger partial charge in [-0.1, -0.05) is 37.3 Å². The van der Waals surface area contributed by atoms with Crippen LogP contribution in [0.15, 0.2) is 42.5 Å². The molecule has 0 saturated carbocycles. The lowest BCUT2D eigenvalue weighted by molar-refractivity contribution is 0.134. The molecule has 3 rings (SSSR count). The van der Waals surface area contributed by atoms with Crippen LogP contribution in [-0.4, -0.2) is 24.2 Å². The Morgan fingerprint density at radius 1 is 1.28 bits per heavy atom. The number of aromatic nitrogens is 1. The van der Waals surface area contributed by atoms with Crippen molar-refractivity contribution in [3.05, 3.63) is 53.7 Å². The van der Waals surface area contributed by atoms with Crippen molar-refractivity contribution in [1.29, 1.82) is 0 Å². The topological polar surface area (TPSA) is 72.5 Å². The van der Waals surface area contributed by atoms with E-state index in [1.54, 1.807) is 7.11 Å². The molecule has 1 aliphatic rings. The summed E-state index contributed by atoms with van der Waals surface area (Å²) in [5.74, 6) is 0.528. The Labute approximate surface area is 147 Å². The second-order valence-corrected chi connectivity index (χ2v) is 6.03. The van der Waals surface area contributed by atoms with Gasteiger partial charge in [0.15, 0.2) is 0 Å². The molecule has 6 nitrogen and oxygen atoms in total. The molecule has 2 heterocycles. The molecule has 25 heavy (non-hydrogen) atoms. The zero-order valence-electron chi connectivity index (χ0n) is 14.5. The highest BCUT2D eigenvalue weighted by Crippen LogP contribution is 2.33. The first-order chi connectivity index (χ1) is 12.2. The molecule has 0 spiro atoms. The van der Waals surface area contributed by atoms with Crippen LogP contribution in [0.1, 0.15) is 37.1 Å². The number of methoxy groups -OCH3 is 1. The van der Waals surface area contributed by atoms with Crippen molar-refractivity contribution >= 4 is 11.8 Å². The van der Waals surface area contributed by atoms with Crippen LogP contribution in [0.5, 0.6) is 5.88 Å². The summed E-state index contributed by atoms with van der Waals surface area (Å²) in [6.07, 6.45) is 1.27. The van der Waals surface area contributed by atoms with E-state index >= 15 is 0 Å². The average Bonchev–Trinajstić information content (AvgIpc) is 2.66. The van der Waals surface area contributed by atoms with E-state index in [-0.39, 0.29) is 18.7 Å². The van der Waals surface area contributed by atoms with Gasteiger partial charge in [-0.25, -0.2) is 9.78 Å². The third kappa shape index (κ3) is 4.21. The first kappa shape index (κ1) is 17.1. The van der Waals surface area contributed by atoms with Crippen molar-refractivity contribution in [3.8, 4) is 5.88 Å². The number of hydrogen-bond donors (Lipinski definition) is 2. The summed E-state index contributed by atoms with van der Waals surface area (Å²) in [5, 5.41) is 6.39.